The number of halogens is 1. The van der Waals surface area contributed by atoms with E-state index in [0.717, 1.165) is 22.4 Å². The molecule has 0 unspecified atom stereocenters. The summed E-state index contributed by atoms with van der Waals surface area (Å²) in [6, 6.07) is 15.4. The normalized spacial score (nSPS) is 11.1. The second kappa shape index (κ2) is 10.9. The Morgan fingerprint density at radius 3 is 2.62 bits per heavy atom. The number of methoxy groups -OCH3 is 1. The second-order valence-electron chi connectivity index (χ2n) is 7.58. The number of fused-ring (bicyclic) bond motifs is 1. The lowest BCUT2D eigenvalue weighted by Crippen LogP contribution is -2.27. The van der Waals surface area contributed by atoms with Crippen LogP contribution in [0.5, 0.6) is 0 Å². The predicted molar refractivity (Wildman–Crippen MR) is 136 cm³/mol. The number of nitrogens with zero attached hydrogens (tertiary/aromatic N) is 2. The van der Waals surface area contributed by atoms with Crippen LogP contribution in [0.1, 0.15) is 11.3 Å². The summed E-state index contributed by atoms with van der Waals surface area (Å²) < 4.78 is 20.1. The lowest BCUT2D eigenvalue weighted by atomic mass is 10.0. The number of aromatic nitrogens is 2. The molecule has 0 aliphatic rings. The van der Waals surface area contributed by atoms with Gasteiger partial charge in [0.05, 0.1) is 16.8 Å². The van der Waals surface area contributed by atoms with E-state index >= 15 is 0 Å². The third-order valence-electron chi connectivity index (χ3n) is 5.20. The molecule has 4 rings (SSSR count). The molecule has 0 spiro atoms. The summed E-state index contributed by atoms with van der Waals surface area (Å²) in [7, 11) is 1.62. The van der Waals surface area contributed by atoms with Gasteiger partial charge < -0.3 is 10.1 Å². The van der Waals surface area contributed by atoms with Crippen LogP contribution in [0, 0.1) is 12.7 Å². The Labute approximate surface area is 204 Å². The molecule has 1 N–H and O–H groups in total. The first-order chi connectivity index (χ1) is 16.5. The van der Waals surface area contributed by atoms with Crippen LogP contribution in [0.15, 0.2) is 64.5 Å². The fourth-order valence-corrected chi connectivity index (χ4v) is 5.56. The summed E-state index contributed by atoms with van der Waals surface area (Å²) in [5.41, 5.74) is 1.97. The van der Waals surface area contributed by atoms with Crippen LogP contribution < -0.4 is 10.9 Å². The molecular formula is C25H24FN3O3S2. The number of ether oxygens (including phenoxy) is 1. The van der Waals surface area contributed by atoms with E-state index in [1.54, 1.807) is 23.8 Å². The van der Waals surface area contributed by atoms with E-state index in [1.165, 1.54) is 35.2 Å². The van der Waals surface area contributed by atoms with E-state index in [4.69, 9.17) is 9.72 Å². The van der Waals surface area contributed by atoms with E-state index in [9.17, 15) is 14.0 Å². The molecule has 0 bridgehead atoms. The van der Waals surface area contributed by atoms with Gasteiger partial charge in [0.1, 0.15) is 10.6 Å². The average molecular weight is 498 g/mol. The van der Waals surface area contributed by atoms with Crippen molar-refractivity contribution in [3.05, 3.63) is 75.6 Å². The number of amides is 1. The van der Waals surface area contributed by atoms with Crippen molar-refractivity contribution in [1.29, 1.82) is 0 Å². The lowest BCUT2D eigenvalue weighted by Gasteiger charge is -2.13. The zero-order valence-corrected chi connectivity index (χ0v) is 20.5. The van der Waals surface area contributed by atoms with Crippen molar-refractivity contribution in [2.45, 2.75) is 18.5 Å². The molecule has 9 heteroatoms. The highest BCUT2D eigenvalue weighted by Crippen LogP contribution is 2.37. The van der Waals surface area contributed by atoms with Crippen LogP contribution in [0.3, 0.4) is 0 Å². The summed E-state index contributed by atoms with van der Waals surface area (Å²) >= 11 is 2.64. The number of carbonyl (C=O) groups is 1. The molecule has 0 atom stereocenters. The highest BCUT2D eigenvalue weighted by Gasteiger charge is 2.21. The number of hydrogen-bond acceptors (Lipinski definition) is 6. The fourth-order valence-electron chi connectivity index (χ4n) is 3.63. The van der Waals surface area contributed by atoms with Gasteiger partial charge in [0.25, 0.3) is 5.56 Å². The lowest BCUT2D eigenvalue weighted by molar-refractivity contribution is -0.118. The number of thioether (sulfide) groups is 1. The minimum atomic E-state index is -0.333. The molecule has 2 aromatic carbocycles. The Hall–Kier alpha value is -3.01. The molecule has 6 nitrogen and oxygen atoms in total. The number of carbonyl (C=O) groups excluding carboxylic acids is 1. The Morgan fingerprint density at radius 1 is 1.18 bits per heavy atom. The van der Waals surface area contributed by atoms with Crippen molar-refractivity contribution in [3.8, 4) is 16.8 Å². The van der Waals surface area contributed by atoms with Crippen LogP contribution in [0.25, 0.3) is 27.0 Å². The number of benzene rings is 2. The third-order valence-corrected chi connectivity index (χ3v) is 7.14. The number of rotatable bonds is 9. The highest BCUT2D eigenvalue weighted by molar-refractivity contribution is 7.99. The van der Waals surface area contributed by atoms with Gasteiger partial charge in [-0.05, 0) is 43.2 Å². The van der Waals surface area contributed by atoms with Crippen molar-refractivity contribution in [3.63, 3.8) is 0 Å². The maximum absolute atomic E-state index is 13.8. The van der Waals surface area contributed by atoms with Crippen molar-refractivity contribution in [2.24, 2.45) is 0 Å². The molecule has 0 aliphatic carbocycles. The number of hydrogen-bond donors (Lipinski definition) is 1. The molecule has 34 heavy (non-hydrogen) atoms. The van der Waals surface area contributed by atoms with Crippen LogP contribution >= 0.6 is 23.1 Å². The molecule has 176 valence electrons. The molecule has 4 aromatic rings. The molecule has 0 saturated carbocycles. The first kappa shape index (κ1) is 24.1. The fraction of sp³-hybridized carbons (Fsp3) is 0.240. The second-order valence-corrected chi connectivity index (χ2v) is 9.72. The standard InChI is InChI=1S/C25H24FN3O3S2/c1-16-21(17-9-11-18(26)12-10-17)22-23(34-16)28-25(33-15-20(30)27-13-6-14-32-2)29(24(22)31)19-7-4-3-5-8-19/h3-5,7-12H,6,13-15H2,1-2H3,(H,27,30). The molecule has 0 saturated heterocycles. The first-order valence-corrected chi connectivity index (χ1v) is 12.6. The molecular weight excluding hydrogens is 473 g/mol. The van der Waals surface area contributed by atoms with Gasteiger partial charge >= 0.3 is 0 Å². The average Bonchev–Trinajstić information content (AvgIpc) is 3.17. The van der Waals surface area contributed by atoms with Gasteiger partial charge in [0.2, 0.25) is 5.91 Å². The molecule has 0 fully saturated rings. The van der Waals surface area contributed by atoms with E-state index in [2.05, 4.69) is 5.32 Å². The van der Waals surface area contributed by atoms with Crippen molar-refractivity contribution in [2.75, 3.05) is 26.0 Å². The van der Waals surface area contributed by atoms with E-state index in [0.29, 0.717) is 34.2 Å². The Balaban J connectivity index is 1.76. The van der Waals surface area contributed by atoms with E-state index in [1.807, 2.05) is 37.3 Å². The quantitative estimate of drug-likeness (QED) is 0.204. The summed E-state index contributed by atoms with van der Waals surface area (Å²) in [4.78, 5) is 32.5. The zero-order valence-electron chi connectivity index (χ0n) is 18.8. The van der Waals surface area contributed by atoms with Gasteiger partial charge in [0.15, 0.2) is 5.16 Å². The topological polar surface area (TPSA) is 73.2 Å². The van der Waals surface area contributed by atoms with Gasteiger partial charge in [0, 0.05) is 30.7 Å². The van der Waals surface area contributed by atoms with Gasteiger partial charge in [-0.1, -0.05) is 42.1 Å². The van der Waals surface area contributed by atoms with Gasteiger partial charge in [-0.15, -0.1) is 11.3 Å². The number of thiophene rings is 1. The Morgan fingerprint density at radius 2 is 1.91 bits per heavy atom. The van der Waals surface area contributed by atoms with Crippen molar-refractivity contribution in [1.82, 2.24) is 14.9 Å². The van der Waals surface area contributed by atoms with E-state index < -0.39 is 0 Å². The van der Waals surface area contributed by atoms with E-state index in [-0.39, 0.29) is 23.0 Å². The monoisotopic (exact) mass is 497 g/mol. The number of para-hydroxylation sites is 1. The molecule has 1 amide bonds. The van der Waals surface area contributed by atoms with Crippen LogP contribution in [-0.4, -0.2) is 41.5 Å². The Kier molecular flexibility index (Phi) is 7.77. The third kappa shape index (κ3) is 5.22. The summed E-state index contributed by atoms with van der Waals surface area (Å²) in [6.07, 6.45) is 0.729. The van der Waals surface area contributed by atoms with Gasteiger partial charge in [-0.25, -0.2) is 9.37 Å². The summed E-state index contributed by atoms with van der Waals surface area (Å²) in [5.74, 6) is -0.336. The number of aryl methyl sites for hydroxylation is 1. The van der Waals surface area contributed by atoms with Crippen LogP contribution in [0.2, 0.25) is 0 Å². The van der Waals surface area contributed by atoms with Gasteiger partial charge in [-0.3, -0.25) is 14.2 Å². The minimum Gasteiger partial charge on any atom is -0.385 e. The van der Waals surface area contributed by atoms with Crippen LogP contribution in [0.4, 0.5) is 4.39 Å². The summed E-state index contributed by atoms with van der Waals surface area (Å²) in [6.45, 7) is 3.03. The number of nitrogens with one attached hydrogen (secondary N) is 1. The molecule has 0 radical (unpaired) electrons. The largest absolute Gasteiger partial charge is 0.385 e. The SMILES string of the molecule is COCCCNC(=O)CSc1nc2sc(C)c(-c3ccc(F)cc3)c2c(=O)n1-c1ccccc1. The maximum atomic E-state index is 13.8. The minimum absolute atomic E-state index is 0.132. The Bertz CT molecular complexity index is 1350. The smallest absolute Gasteiger partial charge is 0.268 e. The molecule has 2 aromatic heterocycles. The van der Waals surface area contributed by atoms with Crippen molar-refractivity contribution < 1.29 is 13.9 Å². The zero-order chi connectivity index (χ0) is 24.1. The maximum Gasteiger partial charge on any atom is 0.268 e. The van der Waals surface area contributed by atoms with Crippen molar-refractivity contribution >= 4 is 39.2 Å². The predicted octanol–water partition coefficient (Wildman–Crippen LogP) is 4.81. The van der Waals surface area contributed by atoms with Gasteiger partial charge in [-0.2, -0.15) is 0 Å². The van der Waals surface area contributed by atoms with Crippen LogP contribution in [-0.2, 0) is 9.53 Å². The first-order valence-electron chi connectivity index (χ1n) is 10.8. The highest BCUT2D eigenvalue weighted by atomic mass is 32.2. The summed E-state index contributed by atoms with van der Waals surface area (Å²) in [5, 5.41) is 3.79. The molecule has 2 heterocycles. The molecule has 0 aliphatic heterocycles.